The summed E-state index contributed by atoms with van der Waals surface area (Å²) in [5.74, 6) is 0. The normalized spacial score (nSPS) is 21.4. The maximum Gasteiger partial charge on any atom is 0.0394 e. The van der Waals surface area contributed by atoms with Crippen LogP contribution in [0.2, 0.25) is 0 Å². The lowest BCUT2D eigenvalue weighted by atomic mass is 9.91. The number of para-hydroxylation sites is 1. The number of hydrogen-bond acceptors (Lipinski definition) is 2. The van der Waals surface area contributed by atoms with E-state index in [0.717, 1.165) is 18.5 Å². The monoisotopic (exact) mass is 228 g/mol. The highest BCUT2D eigenvalue weighted by molar-refractivity contribution is 6.01. The molecule has 1 aromatic carbocycles. The molecule has 0 heterocycles. The van der Waals surface area contributed by atoms with Gasteiger partial charge < -0.3 is 5.32 Å². The smallest absolute Gasteiger partial charge is 0.0394 e. The van der Waals surface area contributed by atoms with Crippen molar-refractivity contribution in [1.29, 1.82) is 0 Å². The molecule has 1 aliphatic rings. The fourth-order valence-corrected chi connectivity index (χ4v) is 2.35. The van der Waals surface area contributed by atoms with Crippen molar-refractivity contribution in [3.05, 3.63) is 41.6 Å². The number of anilines is 1. The van der Waals surface area contributed by atoms with E-state index in [1.165, 1.54) is 29.8 Å². The third kappa shape index (κ3) is 2.96. The minimum Gasteiger partial charge on any atom is -0.359 e. The average Bonchev–Trinajstić information content (AvgIpc) is 2.40. The molecule has 0 amide bonds. The van der Waals surface area contributed by atoms with Gasteiger partial charge in [-0.05, 0) is 50.3 Å². The van der Waals surface area contributed by atoms with E-state index in [1.807, 2.05) is 13.1 Å². The lowest BCUT2D eigenvalue weighted by Crippen LogP contribution is -2.14. The standard InChI is InChI=1S/C15H20N2/c1-12(17-13-8-4-3-5-9-13)14-10-6-7-11-15(14)16-2/h3-5,8-9,17H,6-7,10-11H2,1-2H3/b14-12-,16-15?. The summed E-state index contributed by atoms with van der Waals surface area (Å²) in [4.78, 5) is 4.41. The topological polar surface area (TPSA) is 24.4 Å². The maximum absolute atomic E-state index is 4.41. The third-order valence-corrected chi connectivity index (χ3v) is 3.27. The Labute approximate surface area is 103 Å². The number of benzene rings is 1. The van der Waals surface area contributed by atoms with E-state index >= 15 is 0 Å². The predicted octanol–water partition coefficient (Wildman–Crippen LogP) is 4.02. The first kappa shape index (κ1) is 11.9. The first-order valence-corrected chi connectivity index (χ1v) is 6.29. The van der Waals surface area contributed by atoms with Gasteiger partial charge in [-0.15, -0.1) is 0 Å². The van der Waals surface area contributed by atoms with Crippen LogP contribution in [0.3, 0.4) is 0 Å². The quantitative estimate of drug-likeness (QED) is 0.812. The molecule has 0 unspecified atom stereocenters. The highest BCUT2D eigenvalue weighted by Gasteiger charge is 2.15. The van der Waals surface area contributed by atoms with Crippen LogP contribution in [0.15, 0.2) is 46.6 Å². The summed E-state index contributed by atoms with van der Waals surface area (Å²) >= 11 is 0. The van der Waals surface area contributed by atoms with Gasteiger partial charge in [0.05, 0.1) is 0 Å². The van der Waals surface area contributed by atoms with Crippen LogP contribution in [0, 0.1) is 0 Å². The Morgan fingerprint density at radius 1 is 1.12 bits per heavy atom. The fourth-order valence-electron chi connectivity index (χ4n) is 2.35. The highest BCUT2D eigenvalue weighted by atomic mass is 14.9. The van der Waals surface area contributed by atoms with Crippen molar-refractivity contribution in [3.63, 3.8) is 0 Å². The van der Waals surface area contributed by atoms with Crippen LogP contribution in [0.1, 0.15) is 32.6 Å². The molecular weight excluding hydrogens is 208 g/mol. The van der Waals surface area contributed by atoms with Crippen LogP contribution >= 0.6 is 0 Å². The average molecular weight is 228 g/mol. The van der Waals surface area contributed by atoms with Crippen LogP contribution in [0.5, 0.6) is 0 Å². The van der Waals surface area contributed by atoms with Gasteiger partial charge in [0.25, 0.3) is 0 Å². The number of nitrogens with zero attached hydrogens (tertiary/aromatic N) is 1. The summed E-state index contributed by atoms with van der Waals surface area (Å²) in [6.45, 7) is 2.15. The van der Waals surface area contributed by atoms with E-state index < -0.39 is 0 Å². The van der Waals surface area contributed by atoms with Gasteiger partial charge in [0, 0.05) is 24.1 Å². The Balaban J connectivity index is 2.19. The molecule has 2 nitrogen and oxygen atoms in total. The Morgan fingerprint density at radius 2 is 1.82 bits per heavy atom. The van der Waals surface area contributed by atoms with E-state index in [4.69, 9.17) is 0 Å². The molecular formula is C15H20N2. The van der Waals surface area contributed by atoms with Gasteiger partial charge in [0.2, 0.25) is 0 Å². The zero-order valence-corrected chi connectivity index (χ0v) is 10.7. The van der Waals surface area contributed by atoms with Crippen LogP contribution in [-0.4, -0.2) is 12.8 Å². The maximum atomic E-state index is 4.41. The van der Waals surface area contributed by atoms with Gasteiger partial charge in [0.1, 0.15) is 0 Å². The minimum atomic E-state index is 1.12. The van der Waals surface area contributed by atoms with Crippen LogP contribution in [0.25, 0.3) is 0 Å². The van der Waals surface area contributed by atoms with Crippen LogP contribution in [-0.2, 0) is 0 Å². The highest BCUT2D eigenvalue weighted by Crippen LogP contribution is 2.24. The Bertz CT molecular complexity index is 429. The van der Waals surface area contributed by atoms with Gasteiger partial charge in [-0.3, -0.25) is 4.99 Å². The second-order valence-corrected chi connectivity index (χ2v) is 4.47. The van der Waals surface area contributed by atoms with Crippen molar-refractivity contribution in [2.45, 2.75) is 32.6 Å². The van der Waals surface area contributed by atoms with Gasteiger partial charge in [-0.1, -0.05) is 18.2 Å². The summed E-state index contributed by atoms with van der Waals surface area (Å²) in [7, 11) is 1.90. The third-order valence-electron chi connectivity index (χ3n) is 3.27. The number of allylic oxidation sites excluding steroid dienone is 2. The summed E-state index contributed by atoms with van der Waals surface area (Å²) in [5.41, 5.74) is 5.08. The van der Waals surface area contributed by atoms with Crippen LogP contribution in [0.4, 0.5) is 5.69 Å². The largest absolute Gasteiger partial charge is 0.359 e. The van der Waals surface area contributed by atoms with Crippen molar-refractivity contribution in [3.8, 4) is 0 Å². The predicted molar refractivity (Wildman–Crippen MR) is 74.6 cm³/mol. The summed E-state index contributed by atoms with van der Waals surface area (Å²) in [6, 6.07) is 10.3. The van der Waals surface area contributed by atoms with E-state index in [1.54, 1.807) is 0 Å². The second-order valence-electron chi connectivity index (χ2n) is 4.47. The van der Waals surface area contributed by atoms with Gasteiger partial charge >= 0.3 is 0 Å². The molecule has 0 bridgehead atoms. The van der Waals surface area contributed by atoms with E-state index in [2.05, 4.69) is 41.5 Å². The number of nitrogens with one attached hydrogen (secondary N) is 1. The van der Waals surface area contributed by atoms with Crippen molar-refractivity contribution < 1.29 is 0 Å². The molecule has 1 fully saturated rings. The zero-order chi connectivity index (χ0) is 12.1. The molecule has 1 N–H and O–H groups in total. The molecule has 2 rings (SSSR count). The molecule has 2 heteroatoms. The second kappa shape index (κ2) is 5.67. The summed E-state index contributed by atoms with van der Waals surface area (Å²) in [6.07, 6.45) is 4.83. The molecule has 17 heavy (non-hydrogen) atoms. The van der Waals surface area contributed by atoms with Crippen molar-refractivity contribution in [2.24, 2.45) is 4.99 Å². The Kier molecular flexibility index (Phi) is 3.97. The van der Waals surface area contributed by atoms with Gasteiger partial charge in [-0.2, -0.15) is 0 Å². The van der Waals surface area contributed by atoms with E-state index in [0.29, 0.717) is 0 Å². The van der Waals surface area contributed by atoms with E-state index in [9.17, 15) is 0 Å². The molecule has 1 aliphatic carbocycles. The lowest BCUT2D eigenvalue weighted by molar-refractivity contribution is 0.727. The Hall–Kier alpha value is -1.57. The Morgan fingerprint density at radius 3 is 2.53 bits per heavy atom. The van der Waals surface area contributed by atoms with Crippen LogP contribution < -0.4 is 5.32 Å². The minimum absolute atomic E-state index is 1.12. The molecule has 0 radical (unpaired) electrons. The number of aliphatic imine (C=N–C) groups is 1. The molecule has 0 aromatic heterocycles. The first-order valence-electron chi connectivity index (χ1n) is 6.29. The SMILES string of the molecule is CN=C1CCCC/C1=C(\C)Nc1ccccc1. The van der Waals surface area contributed by atoms with Crippen molar-refractivity contribution in [1.82, 2.24) is 0 Å². The van der Waals surface area contributed by atoms with Gasteiger partial charge in [0.15, 0.2) is 0 Å². The van der Waals surface area contributed by atoms with Crippen molar-refractivity contribution >= 4 is 11.4 Å². The molecule has 1 aromatic rings. The van der Waals surface area contributed by atoms with E-state index in [-0.39, 0.29) is 0 Å². The molecule has 90 valence electrons. The zero-order valence-electron chi connectivity index (χ0n) is 10.7. The number of rotatable bonds is 2. The summed E-state index contributed by atoms with van der Waals surface area (Å²) in [5, 5.41) is 3.47. The van der Waals surface area contributed by atoms with Crippen molar-refractivity contribution in [2.75, 3.05) is 12.4 Å². The lowest BCUT2D eigenvalue weighted by Gasteiger charge is -2.20. The molecule has 1 saturated carbocycles. The number of hydrogen-bond donors (Lipinski definition) is 1. The molecule has 0 spiro atoms. The summed E-state index contributed by atoms with van der Waals surface area (Å²) < 4.78 is 0. The van der Waals surface area contributed by atoms with Gasteiger partial charge in [-0.25, -0.2) is 0 Å². The molecule has 0 saturated heterocycles. The first-order chi connectivity index (χ1) is 8.31. The fraction of sp³-hybridized carbons (Fsp3) is 0.400. The molecule has 0 atom stereocenters. The molecule has 0 aliphatic heterocycles.